The van der Waals surface area contributed by atoms with Crippen LogP contribution in [0.2, 0.25) is 0 Å². The van der Waals surface area contributed by atoms with Crippen LogP contribution in [0.5, 0.6) is 0 Å². The molecule has 5 heteroatoms. The third-order valence-corrected chi connectivity index (χ3v) is 6.45. The summed E-state index contributed by atoms with van der Waals surface area (Å²) in [5.74, 6) is 0.612. The maximum absolute atomic E-state index is 13.6. The van der Waals surface area contributed by atoms with E-state index in [4.69, 9.17) is 9.40 Å². The molecule has 5 aromatic rings. The van der Waals surface area contributed by atoms with Crippen LogP contribution in [0.4, 0.5) is 5.13 Å². The van der Waals surface area contributed by atoms with E-state index in [1.165, 1.54) is 16.9 Å². The van der Waals surface area contributed by atoms with Crippen molar-refractivity contribution in [1.82, 2.24) is 4.98 Å². The summed E-state index contributed by atoms with van der Waals surface area (Å²) in [6.45, 7) is 4.45. The molecule has 2 heterocycles. The monoisotopic (exact) mass is 438 g/mol. The van der Waals surface area contributed by atoms with E-state index in [0.717, 1.165) is 26.9 Å². The van der Waals surface area contributed by atoms with Crippen LogP contribution in [-0.2, 0) is 6.54 Å². The van der Waals surface area contributed by atoms with Crippen molar-refractivity contribution in [2.24, 2.45) is 0 Å². The number of furan rings is 1. The minimum Gasteiger partial charge on any atom is -0.467 e. The summed E-state index contributed by atoms with van der Waals surface area (Å²) in [4.78, 5) is 20.1. The van der Waals surface area contributed by atoms with Gasteiger partial charge in [-0.2, -0.15) is 0 Å². The first-order valence-electron chi connectivity index (χ1n) is 10.5. The van der Waals surface area contributed by atoms with Crippen molar-refractivity contribution in [1.29, 1.82) is 0 Å². The summed E-state index contributed by atoms with van der Waals surface area (Å²) < 4.78 is 6.63. The molecule has 32 heavy (non-hydrogen) atoms. The van der Waals surface area contributed by atoms with Gasteiger partial charge in [-0.15, -0.1) is 0 Å². The van der Waals surface area contributed by atoms with Crippen LogP contribution in [0, 0.1) is 13.8 Å². The van der Waals surface area contributed by atoms with Gasteiger partial charge in [0, 0.05) is 5.56 Å². The molecule has 0 unspecified atom stereocenters. The van der Waals surface area contributed by atoms with Gasteiger partial charge in [-0.3, -0.25) is 9.69 Å². The van der Waals surface area contributed by atoms with E-state index in [1.807, 2.05) is 54.6 Å². The molecule has 0 aliphatic rings. The fourth-order valence-electron chi connectivity index (χ4n) is 3.85. The number of amides is 1. The van der Waals surface area contributed by atoms with E-state index in [9.17, 15) is 4.79 Å². The zero-order chi connectivity index (χ0) is 22.1. The fourth-order valence-corrected chi connectivity index (χ4v) is 4.99. The van der Waals surface area contributed by atoms with Crippen LogP contribution in [0.1, 0.15) is 27.2 Å². The van der Waals surface area contributed by atoms with E-state index >= 15 is 0 Å². The van der Waals surface area contributed by atoms with Gasteiger partial charge in [0.05, 0.1) is 23.0 Å². The molecule has 0 fully saturated rings. The summed E-state index contributed by atoms with van der Waals surface area (Å²) in [7, 11) is 0. The molecule has 4 nitrogen and oxygen atoms in total. The number of nitrogens with zero attached hydrogens (tertiary/aromatic N) is 2. The van der Waals surface area contributed by atoms with Crippen molar-refractivity contribution in [2.45, 2.75) is 20.4 Å². The Hall–Kier alpha value is -3.70. The standard InChI is InChI=1S/C27H22N2O2S/c1-18-15-19(2)25-24(16-18)32-27(28-25)29(17-23-9-6-14-31-23)26(30)22-12-10-21(11-13-22)20-7-4-3-5-8-20/h3-16H,17H2,1-2H3. The topological polar surface area (TPSA) is 46.3 Å². The number of aryl methyl sites for hydroxylation is 2. The molecule has 158 valence electrons. The van der Waals surface area contributed by atoms with Crippen molar-refractivity contribution in [3.63, 3.8) is 0 Å². The van der Waals surface area contributed by atoms with E-state index in [1.54, 1.807) is 11.2 Å². The number of aromatic nitrogens is 1. The van der Waals surface area contributed by atoms with Crippen LogP contribution < -0.4 is 4.90 Å². The number of carbonyl (C=O) groups excluding carboxylic acids is 1. The summed E-state index contributed by atoms with van der Waals surface area (Å²) in [6.07, 6.45) is 1.62. The highest BCUT2D eigenvalue weighted by molar-refractivity contribution is 7.22. The van der Waals surface area contributed by atoms with Crippen molar-refractivity contribution in [3.05, 3.63) is 108 Å². The van der Waals surface area contributed by atoms with Gasteiger partial charge in [-0.1, -0.05) is 59.9 Å². The lowest BCUT2D eigenvalue weighted by Gasteiger charge is -2.19. The molecule has 0 saturated carbocycles. The number of fused-ring (bicyclic) bond motifs is 1. The van der Waals surface area contributed by atoms with Gasteiger partial charge in [-0.25, -0.2) is 4.98 Å². The van der Waals surface area contributed by atoms with Gasteiger partial charge in [-0.05, 0) is 66.4 Å². The third-order valence-electron chi connectivity index (χ3n) is 5.43. The highest BCUT2D eigenvalue weighted by atomic mass is 32.1. The SMILES string of the molecule is Cc1cc(C)c2nc(N(Cc3ccco3)C(=O)c3ccc(-c4ccccc4)cc3)sc2c1. The van der Waals surface area contributed by atoms with Crippen molar-refractivity contribution >= 4 is 32.6 Å². The average Bonchev–Trinajstić information content (AvgIpc) is 3.48. The second kappa shape index (κ2) is 8.44. The number of hydrogen-bond acceptors (Lipinski definition) is 4. The molecule has 0 atom stereocenters. The van der Waals surface area contributed by atoms with E-state index in [0.29, 0.717) is 23.0 Å². The molecule has 0 saturated heterocycles. The molecule has 0 N–H and O–H groups in total. The lowest BCUT2D eigenvalue weighted by atomic mass is 10.0. The first-order valence-corrected chi connectivity index (χ1v) is 11.3. The normalized spacial score (nSPS) is 11.1. The van der Waals surface area contributed by atoms with E-state index in [-0.39, 0.29) is 5.91 Å². The second-order valence-electron chi connectivity index (χ2n) is 7.84. The zero-order valence-corrected chi connectivity index (χ0v) is 18.7. The maximum Gasteiger partial charge on any atom is 0.260 e. The molecule has 0 spiro atoms. The number of rotatable bonds is 5. The summed E-state index contributed by atoms with van der Waals surface area (Å²) in [5.41, 5.74) is 6.04. The number of anilines is 1. The number of thiazole rings is 1. The Morgan fingerprint density at radius 3 is 2.41 bits per heavy atom. The third kappa shape index (κ3) is 3.95. The largest absolute Gasteiger partial charge is 0.467 e. The van der Waals surface area contributed by atoms with Crippen LogP contribution in [0.15, 0.2) is 89.5 Å². The smallest absolute Gasteiger partial charge is 0.260 e. The Balaban J connectivity index is 1.52. The molecular formula is C27H22N2O2S. The summed E-state index contributed by atoms with van der Waals surface area (Å²) in [5, 5.41) is 0.669. The Morgan fingerprint density at radius 1 is 0.938 bits per heavy atom. The van der Waals surface area contributed by atoms with Gasteiger partial charge in [0.1, 0.15) is 5.76 Å². The van der Waals surface area contributed by atoms with Crippen molar-refractivity contribution in [2.75, 3.05) is 4.90 Å². The molecule has 3 aromatic carbocycles. The molecule has 0 aliphatic heterocycles. The molecule has 5 rings (SSSR count). The average molecular weight is 439 g/mol. The summed E-state index contributed by atoms with van der Waals surface area (Å²) in [6, 6.07) is 25.8. The lowest BCUT2D eigenvalue weighted by Crippen LogP contribution is -2.30. The Morgan fingerprint density at radius 2 is 1.69 bits per heavy atom. The number of hydrogen-bond donors (Lipinski definition) is 0. The first-order chi connectivity index (χ1) is 15.6. The molecule has 0 bridgehead atoms. The Bertz CT molecular complexity index is 1370. The molecular weight excluding hydrogens is 416 g/mol. The van der Waals surface area contributed by atoms with Gasteiger partial charge in [0.15, 0.2) is 5.13 Å². The quantitative estimate of drug-likeness (QED) is 0.296. The predicted octanol–water partition coefficient (Wildman–Crippen LogP) is 7.02. The predicted molar refractivity (Wildman–Crippen MR) is 130 cm³/mol. The van der Waals surface area contributed by atoms with Crippen LogP contribution in [-0.4, -0.2) is 10.9 Å². The van der Waals surface area contributed by atoms with Crippen LogP contribution in [0.3, 0.4) is 0 Å². The highest BCUT2D eigenvalue weighted by Gasteiger charge is 2.23. The van der Waals surface area contributed by atoms with Crippen LogP contribution in [0.25, 0.3) is 21.3 Å². The Labute approximate surface area is 190 Å². The molecule has 1 amide bonds. The first kappa shape index (κ1) is 20.2. The minimum atomic E-state index is -0.102. The minimum absolute atomic E-state index is 0.102. The van der Waals surface area contributed by atoms with Crippen molar-refractivity contribution < 1.29 is 9.21 Å². The fraction of sp³-hybridized carbons (Fsp3) is 0.111. The second-order valence-corrected chi connectivity index (χ2v) is 8.85. The molecule has 2 aromatic heterocycles. The molecule has 0 radical (unpaired) electrons. The maximum atomic E-state index is 13.6. The highest BCUT2D eigenvalue weighted by Crippen LogP contribution is 2.33. The Kier molecular flexibility index (Phi) is 5.33. The van der Waals surface area contributed by atoms with Gasteiger partial charge in [0.2, 0.25) is 0 Å². The lowest BCUT2D eigenvalue weighted by molar-refractivity contribution is 0.0983. The molecule has 0 aliphatic carbocycles. The van der Waals surface area contributed by atoms with Gasteiger partial charge < -0.3 is 4.42 Å². The van der Waals surface area contributed by atoms with Crippen molar-refractivity contribution in [3.8, 4) is 11.1 Å². The number of carbonyl (C=O) groups is 1. The van der Waals surface area contributed by atoms with E-state index in [2.05, 4.69) is 38.1 Å². The zero-order valence-electron chi connectivity index (χ0n) is 17.9. The summed E-state index contributed by atoms with van der Waals surface area (Å²) >= 11 is 1.53. The van der Waals surface area contributed by atoms with E-state index < -0.39 is 0 Å². The van der Waals surface area contributed by atoms with Crippen LogP contribution >= 0.6 is 11.3 Å². The van der Waals surface area contributed by atoms with Gasteiger partial charge in [0.25, 0.3) is 5.91 Å². The number of benzene rings is 3. The van der Waals surface area contributed by atoms with Gasteiger partial charge >= 0.3 is 0 Å².